The second kappa shape index (κ2) is 4.34. The van der Waals surface area contributed by atoms with E-state index < -0.39 is 8.07 Å². The molecule has 0 N–H and O–H groups in total. The summed E-state index contributed by atoms with van der Waals surface area (Å²) in [5.41, 5.74) is 2.90. The van der Waals surface area contributed by atoms with Crippen LogP contribution in [0, 0.1) is 0 Å². The number of aryl methyl sites for hydroxylation is 1. The van der Waals surface area contributed by atoms with Crippen molar-refractivity contribution in [3.63, 3.8) is 0 Å². The quantitative estimate of drug-likeness (QED) is 0.687. The molecule has 0 saturated heterocycles. The van der Waals surface area contributed by atoms with E-state index in [1.54, 1.807) is 0 Å². The first kappa shape index (κ1) is 13.5. The Labute approximate surface area is 112 Å². The molecule has 2 heteroatoms. The summed E-state index contributed by atoms with van der Waals surface area (Å²) in [7, 11) is -1.67. The van der Waals surface area contributed by atoms with E-state index in [1.807, 2.05) is 0 Å². The van der Waals surface area contributed by atoms with Gasteiger partial charge in [0.1, 0.15) is 5.78 Å². The lowest BCUT2D eigenvalue weighted by Crippen LogP contribution is -2.48. The molecule has 0 heterocycles. The van der Waals surface area contributed by atoms with Gasteiger partial charge in [0.2, 0.25) is 0 Å². The predicted molar refractivity (Wildman–Crippen MR) is 79.7 cm³/mol. The van der Waals surface area contributed by atoms with Crippen LogP contribution in [0.25, 0.3) is 0 Å². The van der Waals surface area contributed by atoms with Crippen molar-refractivity contribution in [1.29, 1.82) is 0 Å². The molecule has 1 aromatic rings. The third-order valence-electron chi connectivity index (χ3n) is 4.98. The van der Waals surface area contributed by atoms with Crippen molar-refractivity contribution in [2.45, 2.75) is 57.3 Å². The monoisotopic (exact) mass is 260 g/mol. The van der Waals surface area contributed by atoms with Gasteiger partial charge in [-0.3, -0.25) is 4.79 Å². The Morgan fingerprint density at radius 2 is 1.72 bits per heavy atom. The summed E-state index contributed by atoms with van der Waals surface area (Å²) in [5, 5.41) is 0.248. The highest BCUT2D eigenvalue weighted by Gasteiger charge is 2.47. The van der Waals surface area contributed by atoms with Crippen LogP contribution in [0.5, 0.6) is 0 Å². The lowest BCUT2D eigenvalue weighted by atomic mass is 9.90. The van der Waals surface area contributed by atoms with Crippen LogP contribution < -0.4 is 0 Å². The van der Waals surface area contributed by atoms with Crippen molar-refractivity contribution < 1.29 is 4.79 Å². The zero-order valence-electron chi connectivity index (χ0n) is 12.2. The molecule has 0 bridgehead atoms. The molecule has 0 saturated carbocycles. The molecule has 18 heavy (non-hydrogen) atoms. The van der Waals surface area contributed by atoms with Gasteiger partial charge in [0.05, 0.1) is 8.07 Å². The Balaban J connectivity index is 2.54. The highest BCUT2D eigenvalue weighted by atomic mass is 28.3. The number of Topliss-reactive ketones (excluding diaryl/α,β-unsaturated/α-hetero) is 1. The third kappa shape index (κ3) is 2.07. The summed E-state index contributed by atoms with van der Waals surface area (Å²) < 4.78 is 0. The van der Waals surface area contributed by atoms with E-state index >= 15 is 0 Å². The van der Waals surface area contributed by atoms with E-state index in [0.29, 0.717) is 5.78 Å². The average Bonchev–Trinajstić information content (AvgIpc) is 2.26. The number of ketones is 1. The van der Waals surface area contributed by atoms with E-state index in [4.69, 9.17) is 0 Å². The van der Waals surface area contributed by atoms with Crippen molar-refractivity contribution >= 4 is 13.9 Å². The molecule has 0 aliphatic heterocycles. The number of benzene rings is 1. The summed E-state index contributed by atoms with van der Waals surface area (Å²) in [6.07, 6.45) is 1.66. The molecule has 1 aliphatic rings. The standard InChI is InChI=1S/C16H24OSi/c1-16(2,3)18(4,5)15-13-9-7-6-8-12(13)10-11-14(15)17/h6-9,15H,10-11H2,1-5H3. The fraction of sp³-hybridized carbons (Fsp3) is 0.562. The van der Waals surface area contributed by atoms with Crippen LogP contribution in [0.2, 0.25) is 18.1 Å². The van der Waals surface area contributed by atoms with Gasteiger partial charge < -0.3 is 0 Å². The lowest BCUT2D eigenvalue weighted by Gasteiger charge is -2.44. The minimum absolute atomic E-state index is 0.183. The summed E-state index contributed by atoms with van der Waals surface area (Å²) in [4.78, 5) is 12.5. The predicted octanol–water partition coefficient (Wildman–Crippen LogP) is 4.33. The maximum absolute atomic E-state index is 12.5. The second-order valence-corrected chi connectivity index (χ2v) is 12.6. The second-order valence-electron chi connectivity index (χ2n) is 7.07. The van der Waals surface area contributed by atoms with Crippen LogP contribution in [0.4, 0.5) is 0 Å². The SMILES string of the molecule is CC(C)(C)[Si](C)(C)C1C(=O)CCc2ccccc21. The Morgan fingerprint density at radius 3 is 2.33 bits per heavy atom. The molecule has 1 atom stereocenters. The van der Waals surface area contributed by atoms with Crippen molar-refractivity contribution in [3.8, 4) is 0 Å². The van der Waals surface area contributed by atoms with Crippen LogP contribution in [-0.4, -0.2) is 13.9 Å². The molecular formula is C16H24OSi. The van der Waals surface area contributed by atoms with Gasteiger partial charge in [-0.15, -0.1) is 0 Å². The number of rotatable bonds is 1. The number of hydrogen-bond donors (Lipinski definition) is 0. The molecule has 0 radical (unpaired) electrons. The van der Waals surface area contributed by atoms with Gasteiger partial charge in [-0.05, 0) is 22.6 Å². The molecule has 0 amide bonds. The van der Waals surface area contributed by atoms with Gasteiger partial charge in [-0.1, -0.05) is 58.1 Å². The van der Waals surface area contributed by atoms with Crippen LogP contribution in [0.1, 0.15) is 43.9 Å². The Morgan fingerprint density at radius 1 is 1.11 bits per heavy atom. The Kier molecular flexibility index (Phi) is 3.26. The summed E-state index contributed by atoms with van der Waals surface area (Å²) in [6.45, 7) is 11.6. The average molecular weight is 260 g/mol. The van der Waals surface area contributed by atoms with Gasteiger partial charge in [0.25, 0.3) is 0 Å². The molecular weight excluding hydrogens is 236 g/mol. The first-order chi connectivity index (χ1) is 8.25. The van der Waals surface area contributed by atoms with Gasteiger partial charge in [-0.25, -0.2) is 0 Å². The topological polar surface area (TPSA) is 17.1 Å². The number of fused-ring (bicyclic) bond motifs is 1. The van der Waals surface area contributed by atoms with E-state index in [1.165, 1.54) is 11.1 Å². The van der Waals surface area contributed by atoms with Gasteiger partial charge in [0.15, 0.2) is 0 Å². The summed E-state index contributed by atoms with van der Waals surface area (Å²) in [5.74, 6) is 0.472. The Bertz CT molecular complexity index is 468. The fourth-order valence-corrected chi connectivity index (χ4v) is 5.72. The minimum atomic E-state index is -1.67. The molecule has 0 spiro atoms. The first-order valence-electron chi connectivity index (χ1n) is 6.85. The molecule has 0 aromatic heterocycles. The minimum Gasteiger partial charge on any atom is -0.299 e. The van der Waals surface area contributed by atoms with E-state index in [2.05, 4.69) is 58.1 Å². The molecule has 1 aliphatic carbocycles. The van der Waals surface area contributed by atoms with Crippen molar-refractivity contribution in [2.75, 3.05) is 0 Å². The van der Waals surface area contributed by atoms with Crippen LogP contribution in [-0.2, 0) is 11.2 Å². The van der Waals surface area contributed by atoms with Gasteiger partial charge in [-0.2, -0.15) is 0 Å². The molecule has 1 aromatic carbocycles. The zero-order chi connectivity index (χ0) is 13.6. The molecule has 1 unspecified atom stereocenters. The van der Waals surface area contributed by atoms with E-state index in [9.17, 15) is 4.79 Å². The third-order valence-corrected chi connectivity index (χ3v) is 10.9. The number of hydrogen-bond acceptors (Lipinski definition) is 1. The van der Waals surface area contributed by atoms with Gasteiger partial charge >= 0.3 is 0 Å². The van der Waals surface area contributed by atoms with E-state index in [0.717, 1.165) is 12.8 Å². The highest BCUT2D eigenvalue weighted by molar-refractivity contribution is 6.84. The smallest absolute Gasteiger partial charge is 0.137 e. The Hall–Kier alpha value is -0.893. The molecule has 2 rings (SSSR count). The first-order valence-corrected chi connectivity index (χ1v) is 9.93. The zero-order valence-corrected chi connectivity index (χ0v) is 13.2. The van der Waals surface area contributed by atoms with Crippen molar-refractivity contribution in [3.05, 3.63) is 35.4 Å². The van der Waals surface area contributed by atoms with Crippen LogP contribution in [0.15, 0.2) is 24.3 Å². The summed E-state index contributed by atoms with van der Waals surface area (Å²) in [6, 6.07) is 8.55. The van der Waals surface area contributed by atoms with Crippen molar-refractivity contribution in [2.24, 2.45) is 0 Å². The normalized spacial score (nSPS) is 20.7. The molecule has 98 valence electrons. The maximum atomic E-state index is 12.5. The summed E-state index contributed by atoms with van der Waals surface area (Å²) >= 11 is 0. The largest absolute Gasteiger partial charge is 0.299 e. The number of carbonyl (C=O) groups excluding carboxylic acids is 1. The van der Waals surface area contributed by atoms with Gasteiger partial charge in [0, 0.05) is 12.0 Å². The number of carbonyl (C=O) groups is 1. The maximum Gasteiger partial charge on any atom is 0.137 e. The highest BCUT2D eigenvalue weighted by Crippen LogP contribution is 2.47. The lowest BCUT2D eigenvalue weighted by molar-refractivity contribution is -0.119. The molecule has 0 fully saturated rings. The fourth-order valence-electron chi connectivity index (χ4n) is 2.84. The van der Waals surface area contributed by atoms with Crippen LogP contribution >= 0.6 is 0 Å². The van der Waals surface area contributed by atoms with Crippen LogP contribution in [0.3, 0.4) is 0 Å². The molecule has 1 nitrogen and oxygen atoms in total. The van der Waals surface area contributed by atoms with E-state index in [-0.39, 0.29) is 10.6 Å². The van der Waals surface area contributed by atoms with Crippen molar-refractivity contribution in [1.82, 2.24) is 0 Å².